The van der Waals surface area contributed by atoms with Gasteiger partial charge in [0.25, 0.3) is 0 Å². The molecule has 0 saturated carbocycles. The van der Waals surface area contributed by atoms with Crippen LogP contribution in [0.15, 0.2) is 0 Å². The summed E-state index contributed by atoms with van der Waals surface area (Å²) >= 11 is 0. The van der Waals surface area contributed by atoms with Gasteiger partial charge in [-0.1, -0.05) is 13.8 Å². The van der Waals surface area contributed by atoms with Crippen molar-refractivity contribution in [2.45, 2.75) is 13.8 Å². The van der Waals surface area contributed by atoms with Crippen molar-refractivity contribution in [1.29, 1.82) is 0 Å². The highest BCUT2D eigenvalue weighted by atomic mass is 32.2. The van der Waals surface area contributed by atoms with Crippen LogP contribution < -0.4 is 0 Å². The first-order valence-corrected chi connectivity index (χ1v) is 4.47. The van der Waals surface area contributed by atoms with Gasteiger partial charge >= 0.3 is 0 Å². The van der Waals surface area contributed by atoms with E-state index in [1.165, 1.54) is 11.6 Å². The quantitative estimate of drug-likeness (QED) is 0.542. The maximum absolute atomic E-state index is 10.5. The zero-order valence-corrected chi connectivity index (χ0v) is 6.23. The SMILES string of the molecule is CC(C)C=S(C)(=O)O. The third-order valence-electron chi connectivity index (χ3n) is 0.525. The first-order chi connectivity index (χ1) is 3.42. The van der Waals surface area contributed by atoms with E-state index >= 15 is 0 Å². The Morgan fingerprint density at radius 1 is 1.62 bits per heavy atom. The van der Waals surface area contributed by atoms with Crippen LogP contribution >= 0.6 is 0 Å². The average Bonchev–Trinajstić information content (AvgIpc) is 1.21. The molecule has 1 N–H and O–H groups in total. The predicted octanol–water partition coefficient (Wildman–Crippen LogP) is 0.832. The standard InChI is InChI=1S/C5H12O2S/c1-5(2)4-8(3,6)7/h4-5H,1-3H3,(H,6,7). The summed E-state index contributed by atoms with van der Waals surface area (Å²) in [7, 11) is -2.60. The molecule has 50 valence electrons. The fourth-order valence-electron chi connectivity index (χ4n) is 0.505. The molecule has 0 aromatic rings. The Bertz CT molecular complexity index is 155. The van der Waals surface area contributed by atoms with Gasteiger partial charge in [-0.05, 0) is 11.3 Å². The van der Waals surface area contributed by atoms with Crippen LogP contribution in [0, 0.1) is 5.92 Å². The van der Waals surface area contributed by atoms with Gasteiger partial charge in [0.1, 0.15) is 0 Å². The lowest BCUT2D eigenvalue weighted by Gasteiger charge is -1.95. The first kappa shape index (κ1) is 7.98. The maximum Gasteiger partial charge on any atom is 0.0749 e. The third kappa shape index (κ3) is 5.98. The molecule has 0 aliphatic rings. The highest BCUT2D eigenvalue weighted by molar-refractivity contribution is 7.95. The van der Waals surface area contributed by atoms with Crippen molar-refractivity contribution in [1.82, 2.24) is 0 Å². The van der Waals surface area contributed by atoms with Crippen molar-refractivity contribution in [3.8, 4) is 0 Å². The van der Waals surface area contributed by atoms with Crippen molar-refractivity contribution in [2.75, 3.05) is 6.26 Å². The largest absolute Gasteiger partial charge is 0.314 e. The lowest BCUT2D eigenvalue weighted by molar-refractivity contribution is 0.565. The second kappa shape index (κ2) is 2.51. The second-order valence-electron chi connectivity index (χ2n) is 2.24. The van der Waals surface area contributed by atoms with Gasteiger partial charge in [0.15, 0.2) is 0 Å². The Morgan fingerprint density at radius 3 is 2.00 bits per heavy atom. The van der Waals surface area contributed by atoms with E-state index in [1.54, 1.807) is 0 Å². The summed E-state index contributed by atoms with van der Waals surface area (Å²) in [6.45, 7) is 3.75. The van der Waals surface area contributed by atoms with E-state index in [0.717, 1.165) is 0 Å². The second-order valence-corrected chi connectivity index (χ2v) is 4.24. The predicted molar refractivity (Wildman–Crippen MR) is 37.6 cm³/mol. The van der Waals surface area contributed by atoms with Gasteiger partial charge in [0, 0.05) is 6.26 Å². The van der Waals surface area contributed by atoms with Crippen LogP contribution in [0.1, 0.15) is 13.8 Å². The van der Waals surface area contributed by atoms with E-state index in [4.69, 9.17) is 4.55 Å². The average molecular weight is 136 g/mol. The molecule has 1 atom stereocenters. The monoisotopic (exact) mass is 136 g/mol. The smallest absolute Gasteiger partial charge is 0.0749 e. The Hall–Kier alpha value is -0.0200. The van der Waals surface area contributed by atoms with Gasteiger partial charge < -0.3 is 4.55 Å². The van der Waals surface area contributed by atoms with Crippen LogP contribution in [0.25, 0.3) is 0 Å². The van der Waals surface area contributed by atoms with Crippen molar-refractivity contribution in [2.24, 2.45) is 5.92 Å². The molecular formula is C5H12O2S. The lowest BCUT2D eigenvalue weighted by atomic mass is 10.3. The highest BCUT2D eigenvalue weighted by Crippen LogP contribution is 1.87. The van der Waals surface area contributed by atoms with Gasteiger partial charge in [0.05, 0.1) is 9.80 Å². The lowest BCUT2D eigenvalue weighted by Crippen LogP contribution is -2.02. The molecule has 0 saturated heterocycles. The minimum Gasteiger partial charge on any atom is -0.314 e. The summed E-state index contributed by atoms with van der Waals surface area (Å²) in [5.74, 6) is 0.192. The number of hydrogen-bond acceptors (Lipinski definition) is 1. The summed E-state index contributed by atoms with van der Waals surface area (Å²) in [6.07, 6.45) is 1.31. The minimum atomic E-state index is -2.60. The molecule has 8 heavy (non-hydrogen) atoms. The van der Waals surface area contributed by atoms with Crippen molar-refractivity contribution in [3.05, 3.63) is 0 Å². The van der Waals surface area contributed by atoms with E-state index in [9.17, 15) is 4.21 Å². The van der Waals surface area contributed by atoms with Crippen LogP contribution in [-0.4, -0.2) is 20.4 Å². The van der Waals surface area contributed by atoms with E-state index < -0.39 is 9.80 Å². The molecule has 0 amide bonds. The zero-order valence-electron chi connectivity index (χ0n) is 5.42. The van der Waals surface area contributed by atoms with Gasteiger partial charge in [-0.3, -0.25) is 0 Å². The number of hydrogen-bond donors (Lipinski definition) is 1. The van der Waals surface area contributed by atoms with Gasteiger partial charge in [-0.2, -0.15) is 0 Å². The molecule has 0 radical (unpaired) electrons. The Morgan fingerprint density at radius 2 is 2.00 bits per heavy atom. The maximum atomic E-state index is 10.5. The fourth-order valence-corrected chi connectivity index (χ4v) is 1.51. The minimum absolute atomic E-state index is 0.192. The van der Waals surface area contributed by atoms with E-state index in [1.807, 2.05) is 13.8 Å². The third-order valence-corrected chi connectivity index (χ3v) is 1.57. The summed E-state index contributed by atoms with van der Waals surface area (Å²) in [5.41, 5.74) is 0. The Balaban J connectivity index is 4.19. The Labute approximate surface area is 50.7 Å². The molecule has 0 bridgehead atoms. The fraction of sp³-hybridized carbons (Fsp3) is 0.800. The summed E-state index contributed by atoms with van der Waals surface area (Å²) in [6, 6.07) is 0. The molecule has 0 fully saturated rings. The van der Waals surface area contributed by atoms with Gasteiger partial charge in [0.2, 0.25) is 0 Å². The summed E-state index contributed by atoms with van der Waals surface area (Å²) in [4.78, 5) is 0. The molecule has 3 heteroatoms. The first-order valence-electron chi connectivity index (χ1n) is 2.48. The molecule has 0 aliphatic heterocycles. The van der Waals surface area contributed by atoms with E-state index in [0.29, 0.717) is 0 Å². The van der Waals surface area contributed by atoms with E-state index in [-0.39, 0.29) is 5.92 Å². The molecule has 0 rings (SSSR count). The molecule has 0 spiro atoms. The zero-order chi connectivity index (χ0) is 6.78. The normalized spacial score (nSPS) is 18.1. The highest BCUT2D eigenvalue weighted by Gasteiger charge is 1.91. The summed E-state index contributed by atoms with van der Waals surface area (Å²) < 4.78 is 19.2. The van der Waals surface area contributed by atoms with E-state index in [2.05, 4.69) is 0 Å². The van der Waals surface area contributed by atoms with Crippen LogP contribution in [0.2, 0.25) is 0 Å². The molecular weight excluding hydrogens is 124 g/mol. The molecule has 0 aromatic carbocycles. The molecule has 1 unspecified atom stereocenters. The van der Waals surface area contributed by atoms with Crippen molar-refractivity contribution >= 4 is 15.2 Å². The van der Waals surface area contributed by atoms with Gasteiger partial charge in [-0.15, -0.1) is 0 Å². The van der Waals surface area contributed by atoms with Crippen LogP contribution in [0.5, 0.6) is 0 Å². The Kier molecular flexibility index (Phi) is 2.50. The molecule has 0 aromatic heterocycles. The molecule has 0 aliphatic carbocycles. The van der Waals surface area contributed by atoms with Crippen molar-refractivity contribution < 1.29 is 8.76 Å². The topological polar surface area (TPSA) is 37.3 Å². The van der Waals surface area contributed by atoms with Gasteiger partial charge in [-0.25, -0.2) is 4.21 Å². The van der Waals surface area contributed by atoms with Crippen LogP contribution in [0.3, 0.4) is 0 Å². The molecule has 2 nitrogen and oxygen atoms in total. The molecule has 0 heterocycles. The van der Waals surface area contributed by atoms with Crippen molar-refractivity contribution in [3.63, 3.8) is 0 Å². The van der Waals surface area contributed by atoms with Crippen LogP contribution in [0.4, 0.5) is 0 Å². The number of rotatable bonds is 1. The summed E-state index contributed by atoms with van der Waals surface area (Å²) in [5, 5.41) is 1.44. The van der Waals surface area contributed by atoms with Crippen LogP contribution in [-0.2, 0) is 9.80 Å².